The molecule has 5 heteroatoms. The van der Waals surface area contributed by atoms with Gasteiger partial charge in [-0.25, -0.2) is 0 Å². The first-order chi connectivity index (χ1) is 12.2. The lowest BCUT2D eigenvalue weighted by molar-refractivity contribution is 0.0938. The molecule has 0 atom stereocenters. The van der Waals surface area contributed by atoms with E-state index in [0.29, 0.717) is 21.9 Å². The lowest BCUT2D eigenvalue weighted by Gasteiger charge is -2.02. The summed E-state index contributed by atoms with van der Waals surface area (Å²) in [5, 5.41) is 10.6. The van der Waals surface area contributed by atoms with Crippen LogP contribution in [0.4, 0.5) is 0 Å². The fourth-order valence-corrected chi connectivity index (χ4v) is 3.04. The molecule has 0 aliphatic heterocycles. The van der Waals surface area contributed by atoms with Crippen molar-refractivity contribution in [3.63, 3.8) is 0 Å². The molecule has 0 N–H and O–H groups in total. The number of halogens is 1. The van der Waals surface area contributed by atoms with Crippen molar-refractivity contribution < 1.29 is 9.21 Å². The second-order valence-corrected chi connectivity index (χ2v) is 5.90. The molecular formula is C20H11ClN2O2. The molecule has 4 nitrogen and oxygen atoms in total. The van der Waals surface area contributed by atoms with Crippen molar-refractivity contribution in [2.45, 2.75) is 0 Å². The Balaban J connectivity index is 1.79. The Morgan fingerprint density at radius 2 is 1.80 bits per heavy atom. The summed E-state index contributed by atoms with van der Waals surface area (Å²) in [7, 11) is 0. The van der Waals surface area contributed by atoms with Gasteiger partial charge >= 0.3 is 0 Å². The quantitative estimate of drug-likeness (QED) is 0.506. The van der Waals surface area contributed by atoms with E-state index in [1.165, 1.54) is 10.8 Å². The summed E-state index contributed by atoms with van der Waals surface area (Å²) in [5.74, 6) is 0.363. The summed E-state index contributed by atoms with van der Waals surface area (Å²) >= 11 is 6.18. The maximum atomic E-state index is 12.8. The fourth-order valence-electron chi connectivity index (χ4n) is 2.81. The van der Waals surface area contributed by atoms with E-state index < -0.39 is 0 Å². The van der Waals surface area contributed by atoms with E-state index in [0.717, 1.165) is 10.9 Å². The van der Waals surface area contributed by atoms with Crippen LogP contribution in [0.5, 0.6) is 0 Å². The van der Waals surface area contributed by atoms with E-state index in [1.807, 2.05) is 36.4 Å². The topological polar surface area (TPSA) is 58.9 Å². The van der Waals surface area contributed by atoms with Gasteiger partial charge in [-0.1, -0.05) is 41.9 Å². The van der Waals surface area contributed by atoms with E-state index in [-0.39, 0.29) is 11.7 Å². The van der Waals surface area contributed by atoms with Crippen LogP contribution >= 0.6 is 11.6 Å². The first-order valence-electron chi connectivity index (χ1n) is 7.58. The monoisotopic (exact) mass is 346 g/mol. The summed E-state index contributed by atoms with van der Waals surface area (Å²) in [4.78, 5) is 12.8. The van der Waals surface area contributed by atoms with Gasteiger partial charge in [0.05, 0.1) is 16.1 Å². The number of nitriles is 1. The average molecular weight is 347 g/mol. The van der Waals surface area contributed by atoms with Gasteiger partial charge in [0.25, 0.3) is 5.91 Å². The maximum Gasteiger partial charge on any atom is 0.298 e. The van der Waals surface area contributed by atoms with Crippen LogP contribution in [0.25, 0.3) is 22.2 Å². The molecule has 4 aromatic rings. The van der Waals surface area contributed by atoms with Gasteiger partial charge in [-0.15, -0.1) is 0 Å². The van der Waals surface area contributed by atoms with E-state index >= 15 is 0 Å². The van der Waals surface area contributed by atoms with E-state index in [1.54, 1.807) is 24.3 Å². The first-order valence-corrected chi connectivity index (χ1v) is 7.96. The van der Waals surface area contributed by atoms with Crippen LogP contribution < -0.4 is 0 Å². The predicted octanol–water partition coefficient (Wildman–Crippen LogP) is 5.11. The summed E-state index contributed by atoms with van der Waals surface area (Å²) in [6, 6.07) is 20.0. The second-order valence-electron chi connectivity index (χ2n) is 5.49. The molecule has 0 amide bonds. The van der Waals surface area contributed by atoms with Gasteiger partial charge in [0.1, 0.15) is 11.8 Å². The molecule has 0 aliphatic carbocycles. The van der Waals surface area contributed by atoms with Gasteiger partial charge < -0.3 is 4.42 Å². The van der Waals surface area contributed by atoms with Crippen LogP contribution in [-0.4, -0.2) is 10.5 Å². The summed E-state index contributed by atoms with van der Waals surface area (Å²) in [6.45, 7) is 0. The van der Waals surface area contributed by atoms with Crippen molar-refractivity contribution >= 4 is 28.4 Å². The lowest BCUT2D eigenvalue weighted by Crippen LogP contribution is -2.09. The lowest BCUT2D eigenvalue weighted by atomic mass is 10.2. The molecule has 0 fully saturated rings. The van der Waals surface area contributed by atoms with Crippen molar-refractivity contribution in [2.75, 3.05) is 0 Å². The van der Waals surface area contributed by atoms with Crippen molar-refractivity contribution in [3.8, 4) is 17.4 Å². The number of benzene rings is 2. The number of hydrogen-bond acceptors (Lipinski definition) is 3. The summed E-state index contributed by atoms with van der Waals surface area (Å²) < 4.78 is 7.15. The normalized spacial score (nSPS) is 10.7. The van der Waals surface area contributed by atoms with Crippen molar-refractivity contribution in [2.24, 2.45) is 0 Å². The molecule has 25 heavy (non-hydrogen) atoms. The largest absolute Gasteiger partial charge is 0.451 e. The van der Waals surface area contributed by atoms with Crippen LogP contribution in [0, 0.1) is 11.3 Å². The SMILES string of the molecule is N#Cc1cn(C(=O)c2ccc(-c3ccccc3Cl)o2)c2ccccc12. The van der Waals surface area contributed by atoms with Gasteiger partial charge in [-0.3, -0.25) is 9.36 Å². The molecule has 0 unspecified atom stereocenters. The molecule has 2 heterocycles. The molecule has 0 saturated carbocycles. The Bertz CT molecular complexity index is 1150. The first kappa shape index (κ1) is 15.3. The van der Waals surface area contributed by atoms with Crippen molar-refractivity contribution in [3.05, 3.63) is 83.2 Å². The summed E-state index contributed by atoms with van der Waals surface area (Å²) in [6.07, 6.45) is 1.53. The minimum atomic E-state index is -0.337. The average Bonchev–Trinajstić information content (AvgIpc) is 3.26. The zero-order chi connectivity index (χ0) is 17.4. The molecule has 0 saturated heterocycles. The second kappa shape index (κ2) is 5.97. The molecule has 0 radical (unpaired) electrons. The zero-order valence-corrected chi connectivity index (χ0v) is 13.7. The predicted molar refractivity (Wildman–Crippen MR) is 95.5 cm³/mol. The summed E-state index contributed by atoms with van der Waals surface area (Å²) in [5.41, 5.74) is 1.83. The van der Waals surface area contributed by atoms with Crippen LogP contribution in [0.2, 0.25) is 5.02 Å². The van der Waals surface area contributed by atoms with Gasteiger partial charge in [-0.05, 0) is 30.3 Å². The van der Waals surface area contributed by atoms with Gasteiger partial charge in [-0.2, -0.15) is 5.26 Å². The Morgan fingerprint density at radius 1 is 1.04 bits per heavy atom. The molecular weight excluding hydrogens is 336 g/mol. The smallest absolute Gasteiger partial charge is 0.298 e. The Labute approximate surface area is 148 Å². The Morgan fingerprint density at radius 3 is 2.60 bits per heavy atom. The van der Waals surface area contributed by atoms with Crippen LogP contribution in [-0.2, 0) is 0 Å². The van der Waals surface area contributed by atoms with E-state index in [9.17, 15) is 10.1 Å². The molecule has 2 aromatic heterocycles. The highest BCUT2D eigenvalue weighted by molar-refractivity contribution is 6.33. The Kier molecular flexibility index (Phi) is 3.64. The molecule has 0 spiro atoms. The van der Waals surface area contributed by atoms with Crippen molar-refractivity contribution in [1.82, 2.24) is 4.57 Å². The van der Waals surface area contributed by atoms with Gasteiger partial charge in [0.15, 0.2) is 5.76 Å². The van der Waals surface area contributed by atoms with E-state index in [4.69, 9.17) is 16.0 Å². The fraction of sp³-hybridized carbons (Fsp3) is 0. The zero-order valence-electron chi connectivity index (χ0n) is 12.9. The third-order valence-electron chi connectivity index (χ3n) is 4.01. The molecule has 0 bridgehead atoms. The van der Waals surface area contributed by atoms with E-state index in [2.05, 4.69) is 6.07 Å². The van der Waals surface area contributed by atoms with Crippen molar-refractivity contribution in [1.29, 1.82) is 5.26 Å². The number of fused-ring (bicyclic) bond motifs is 1. The third kappa shape index (κ3) is 2.51. The number of aromatic nitrogens is 1. The standard InChI is InChI=1S/C20H11ClN2O2/c21-16-7-3-1-6-15(16)18-9-10-19(25-18)20(24)23-12-13(11-22)14-5-2-4-8-17(14)23/h1-10,12H. The number of rotatable bonds is 2. The molecule has 120 valence electrons. The number of furan rings is 1. The van der Waals surface area contributed by atoms with Crippen LogP contribution in [0.1, 0.15) is 16.1 Å². The number of carbonyl (C=O) groups is 1. The molecule has 4 rings (SSSR count). The number of para-hydroxylation sites is 1. The number of carbonyl (C=O) groups excluding carboxylic acids is 1. The Hall–Kier alpha value is -3.29. The third-order valence-corrected chi connectivity index (χ3v) is 4.34. The molecule has 0 aliphatic rings. The highest BCUT2D eigenvalue weighted by Crippen LogP contribution is 2.30. The minimum absolute atomic E-state index is 0.181. The van der Waals surface area contributed by atoms with Gasteiger partial charge in [0.2, 0.25) is 0 Å². The minimum Gasteiger partial charge on any atom is -0.451 e. The van der Waals surface area contributed by atoms with Crippen LogP contribution in [0.15, 0.2) is 71.3 Å². The van der Waals surface area contributed by atoms with Crippen LogP contribution in [0.3, 0.4) is 0 Å². The molecule has 2 aromatic carbocycles. The number of nitrogens with zero attached hydrogens (tertiary/aromatic N) is 2. The highest BCUT2D eigenvalue weighted by atomic mass is 35.5. The van der Waals surface area contributed by atoms with Gasteiger partial charge in [0, 0.05) is 17.1 Å². The number of hydrogen-bond donors (Lipinski definition) is 0. The maximum absolute atomic E-state index is 12.8. The highest BCUT2D eigenvalue weighted by Gasteiger charge is 2.19.